The van der Waals surface area contributed by atoms with Gasteiger partial charge >= 0.3 is 0 Å². The number of fused-ring (bicyclic) bond motifs is 3. The normalized spacial score (nSPS) is 11.5. The number of nitrogens with zero attached hydrogens (tertiary/aromatic N) is 6. The zero-order valence-electron chi connectivity index (χ0n) is 10.7. The predicted molar refractivity (Wildman–Crippen MR) is 72.1 cm³/mol. The first-order valence-electron chi connectivity index (χ1n) is 5.93. The molecule has 3 heterocycles. The van der Waals surface area contributed by atoms with Crippen molar-refractivity contribution < 1.29 is 0 Å². The zero-order valence-corrected chi connectivity index (χ0v) is 10.7. The van der Waals surface area contributed by atoms with Crippen molar-refractivity contribution in [1.29, 1.82) is 0 Å². The first-order chi connectivity index (χ1) is 9.54. The molecule has 0 atom stereocenters. The van der Waals surface area contributed by atoms with Gasteiger partial charge in [-0.2, -0.15) is 4.98 Å². The van der Waals surface area contributed by atoms with Crippen LogP contribution in [0.2, 0.25) is 0 Å². The minimum absolute atomic E-state index is 0.0553. The summed E-state index contributed by atoms with van der Waals surface area (Å²) in [5.74, 6) is 0.464. The summed E-state index contributed by atoms with van der Waals surface area (Å²) in [5.41, 5.74) is 17.8. The molecule has 0 bridgehead atoms. The Kier molecular flexibility index (Phi) is 2.54. The van der Waals surface area contributed by atoms with Gasteiger partial charge in [-0.05, 0) is 19.9 Å². The third-order valence-electron chi connectivity index (χ3n) is 3.07. The number of nitrogens with two attached hydrogens (primary N) is 3. The van der Waals surface area contributed by atoms with Crippen molar-refractivity contribution in [2.24, 2.45) is 5.73 Å². The Labute approximate surface area is 112 Å². The zero-order chi connectivity index (χ0) is 14.4. The summed E-state index contributed by atoms with van der Waals surface area (Å²) >= 11 is 0. The number of aryl methyl sites for hydroxylation is 1. The van der Waals surface area contributed by atoms with Crippen molar-refractivity contribution in [3.8, 4) is 0 Å². The maximum atomic E-state index is 12.5. The van der Waals surface area contributed by atoms with E-state index in [1.165, 1.54) is 8.80 Å². The third-order valence-corrected chi connectivity index (χ3v) is 3.07. The number of rotatable bonds is 2. The first kappa shape index (κ1) is 12.3. The van der Waals surface area contributed by atoms with E-state index in [0.29, 0.717) is 24.2 Å². The molecule has 10 nitrogen and oxygen atoms in total. The maximum absolute atomic E-state index is 12.5. The van der Waals surface area contributed by atoms with Gasteiger partial charge in [0.1, 0.15) is 0 Å². The molecule has 0 amide bonds. The second kappa shape index (κ2) is 4.13. The van der Waals surface area contributed by atoms with Crippen molar-refractivity contribution in [2.75, 3.05) is 18.0 Å². The van der Waals surface area contributed by atoms with Crippen molar-refractivity contribution in [3.05, 3.63) is 21.6 Å². The number of anilines is 2. The lowest BCUT2D eigenvalue weighted by Gasteiger charge is -2.08. The van der Waals surface area contributed by atoms with Crippen LogP contribution >= 0.6 is 0 Å². The van der Waals surface area contributed by atoms with Crippen LogP contribution < -0.4 is 22.8 Å². The second-order valence-corrected chi connectivity index (χ2v) is 4.32. The van der Waals surface area contributed by atoms with Crippen LogP contribution in [0, 0.1) is 6.92 Å². The van der Waals surface area contributed by atoms with E-state index in [4.69, 9.17) is 17.2 Å². The Morgan fingerprint density at radius 3 is 2.55 bits per heavy atom. The first-order valence-corrected chi connectivity index (χ1v) is 5.93. The number of hydrogen-bond acceptors (Lipinski definition) is 8. The molecule has 0 aliphatic rings. The summed E-state index contributed by atoms with van der Waals surface area (Å²) < 4.78 is 2.52. The Bertz CT molecular complexity index is 878. The summed E-state index contributed by atoms with van der Waals surface area (Å²) in [6.07, 6.45) is 0.417. The molecule has 6 N–H and O–H groups in total. The van der Waals surface area contributed by atoms with E-state index in [1.807, 2.05) is 0 Å². The van der Waals surface area contributed by atoms with E-state index in [2.05, 4.69) is 20.2 Å². The summed E-state index contributed by atoms with van der Waals surface area (Å²) in [5, 5.41) is 7.56. The smallest absolute Gasteiger partial charge is 0.265 e. The average Bonchev–Trinajstić information content (AvgIpc) is 2.77. The van der Waals surface area contributed by atoms with Crippen LogP contribution in [0.5, 0.6) is 0 Å². The van der Waals surface area contributed by atoms with Gasteiger partial charge in [-0.25, -0.2) is 13.8 Å². The fourth-order valence-electron chi connectivity index (χ4n) is 2.14. The summed E-state index contributed by atoms with van der Waals surface area (Å²) in [4.78, 5) is 20.9. The second-order valence-electron chi connectivity index (χ2n) is 4.32. The molecule has 0 fully saturated rings. The lowest BCUT2D eigenvalue weighted by atomic mass is 10.2. The van der Waals surface area contributed by atoms with Gasteiger partial charge in [0.15, 0.2) is 0 Å². The standard InChI is InChI=1S/C10H13N9O/c1-4-5(2-3-11)6(20)18-9(14-4)15-7(12)19-8(13)16-17-10(18)19/h2-3,11H2,1H3,(H2,13,16)(H2,12,14,15). The molecule has 3 rings (SSSR count). The van der Waals surface area contributed by atoms with Crippen molar-refractivity contribution >= 4 is 23.5 Å². The number of aromatic nitrogens is 6. The summed E-state index contributed by atoms with van der Waals surface area (Å²) in [6, 6.07) is 0. The van der Waals surface area contributed by atoms with Crippen molar-refractivity contribution in [1.82, 2.24) is 29.0 Å². The highest BCUT2D eigenvalue weighted by Gasteiger charge is 2.17. The number of hydrogen-bond donors (Lipinski definition) is 3. The summed E-state index contributed by atoms with van der Waals surface area (Å²) in [6.45, 7) is 2.07. The third kappa shape index (κ3) is 1.51. The van der Waals surface area contributed by atoms with E-state index < -0.39 is 0 Å². The van der Waals surface area contributed by atoms with Crippen LogP contribution in [0.25, 0.3) is 11.6 Å². The highest BCUT2D eigenvalue weighted by Crippen LogP contribution is 2.12. The SMILES string of the molecule is Cc1nc2nc(N)n3c(N)nnc3n2c(=O)c1CCN. The molecule has 0 radical (unpaired) electrons. The van der Waals surface area contributed by atoms with Crippen LogP contribution in [-0.4, -0.2) is 35.5 Å². The molecular formula is C10H13N9O. The molecule has 20 heavy (non-hydrogen) atoms. The average molecular weight is 275 g/mol. The lowest BCUT2D eigenvalue weighted by molar-refractivity contribution is 0.862. The molecule has 0 aliphatic carbocycles. The van der Waals surface area contributed by atoms with Crippen LogP contribution in [-0.2, 0) is 6.42 Å². The molecule has 0 aromatic carbocycles. The Morgan fingerprint density at radius 1 is 1.10 bits per heavy atom. The van der Waals surface area contributed by atoms with Gasteiger partial charge in [-0.15, -0.1) is 10.2 Å². The molecule has 0 aliphatic heterocycles. The molecule has 0 saturated heterocycles. The van der Waals surface area contributed by atoms with Gasteiger partial charge in [0, 0.05) is 5.56 Å². The van der Waals surface area contributed by atoms with Gasteiger partial charge in [0.25, 0.3) is 5.56 Å². The van der Waals surface area contributed by atoms with Crippen molar-refractivity contribution in [2.45, 2.75) is 13.3 Å². The maximum Gasteiger partial charge on any atom is 0.265 e. The molecular weight excluding hydrogens is 262 g/mol. The molecule has 0 spiro atoms. The molecule has 0 unspecified atom stereocenters. The largest absolute Gasteiger partial charge is 0.369 e. The van der Waals surface area contributed by atoms with Crippen LogP contribution in [0.4, 0.5) is 11.9 Å². The van der Waals surface area contributed by atoms with Gasteiger partial charge < -0.3 is 17.2 Å². The fraction of sp³-hybridized carbons (Fsp3) is 0.300. The Balaban J connectivity index is 2.55. The van der Waals surface area contributed by atoms with Crippen molar-refractivity contribution in [3.63, 3.8) is 0 Å². The quantitative estimate of drug-likeness (QED) is 0.490. The highest BCUT2D eigenvalue weighted by atomic mass is 16.1. The van der Waals surface area contributed by atoms with Gasteiger partial charge in [0.2, 0.25) is 23.5 Å². The predicted octanol–water partition coefficient (Wildman–Crippen LogP) is -1.89. The molecule has 3 aromatic rings. The molecule has 0 saturated carbocycles. The Morgan fingerprint density at radius 2 is 1.85 bits per heavy atom. The minimum atomic E-state index is -0.289. The van der Waals surface area contributed by atoms with Crippen LogP contribution in [0.1, 0.15) is 11.3 Å². The van der Waals surface area contributed by atoms with E-state index in [9.17, 15) is 4.79 Å². The molecule has 3 aromatic heterocycles. The monoisotopic (exact) mass is 275 g/mol. The van der Waals surface area contributed by atoms with Gasteiger partial charge in [-0.1, -0.05) is 0 Å². The minimum Gasteiger partial charge on any atom is -0.369 e. The van der Waals surface area contributed by atoms with Gasteiger partial charge in [0.05, 0.1) is 5.69 Å². The van der Waals surface area contributed by atoms with Crippen LogP contribution in [0.15, 0.2) is 4.79 Å². The number of nitrogen functional groups attached to an aromatic ring is 2. The van der Waals surface area contributed by atoms with E-state index in [1.54, 1.807) is 6.92 Å². The Hall–Kier alpha value is -2.75. The highest BCUT2D eigenvalue weighted by molar-refractivity contribution is 5.52. The van der Waals surface area contributed by atoms with E-state index >= 15 is 0 Å². The topological polar surface area (TPSA) is 156 Å². The molecule has 10 heteroatoms. The van der Waals surface area contributed by atoms with E-state index in [0.717, 1.165) is 0 Å². The van der Waals surface area contributed by atoms with Gasteiger partial charge in [-0.3, -0.25) is 4.79 Å². The van der Waals surface area contributed by atoms with E-state index in [-0.39, 0.29) is 29.0 Å². The lowest BCUT2D eigenvalue weighted by Crippen LogP contribution is -2.26. The van der Waals surface area contributed by atoms with Crippen LogP contribution in [0.3, 0.4) is 0 Å². The fourth-order valence-corrected chi connectivity index (χ4v) is 2.14. The summed E-state index contributed by atoms with van der Waals surface area (Å²) in [7, 11) is 0. The molecule has 104 valence electrons.